The van der Waals surface area contributed by atoms with E-state index < -0.39 is 29.3 Å². The highest BCUT2D eigenvalue weighted by Crippen LogP contribution is 2.43. The molecule has 7 heteroatoms. The van der Waals surface area contributed by atoms with Crippen LogP contribution in [0.25, 0.3) is 5.76 Å². The van der Waals surface area contributed by atoms with Gasteiger partial charge in [0.2, 0.25) is 0 Å². The van der Waals surface area contributed by atoms with Gasteiger partial charge in [-0.3, -0.25) is 14.5 Å². The summed E-state index contributed by atoms with van der Waals surface area (Å²) in [5.74, 6) is -1.73. The Balaban J connectivity index is 1.91. The number of halogens is 1. The highest BCUT2D eigenvalue weighted by Gasteiger charge is 2.47. The molecule has 4 rings (SSSR count). The Hall–Kier alpha value is -4.13. The second kappa shape index (κ2) is 9.39. The predicted molar refractivity (Wildman–Crippen MR) is 126 cm³/mol. The van der Waals surface area contributed by atoms with Crippen LogP contribution in [0.1, 0.15) is 31.0 Å². The molecule has 1 N–H and O–H groups in total. The minimum Gasteiger partial charge on any atom is -0.507 e. The number of Topliss-reactive ketones (excluding diaryl/α,β-unsaturated/α-hetero) is 1. The molecule has 0 aliphatic carbocycles. The van der Waals surface area contributed by atoms with Gasteiger partial charge in [-0.15, -0.1) is 0 Å². The van der Waals surface area contributed by atoms with Crippen molar-refractivity contribution in [3.8, 4) is 11.5 Å². The standard InChI is InChI=1S/C27H24FNO5/c1-16(2)34-20-8-6-7-17(15-20)25(30)23-24(21-9-4-5-10-22(21)28)29(27(32)26(23)31)18-11-13-19(33-3)14-12-18/h4-16,24,30H,1-3H3/b25-23-. The summed E-state index contributed by atoms with van der Waals surface area (Å²) in [6.45, 7) is 3.73. The van der Waals surface area contributed by atoms with Crippen LogP contribution in [-0.2, 0) is 9.59 Å². The lowest BCUT2D eigenvalue weighted by molar-refractivity contribution is -0.132. The summed E-state index contributed by atoms with van der Waals surface area (Å²) in [7, 11) is 1.51. The van der Waals surface area contributed by atoms with E-state index in [0.717, 1.165) is 0 Å². The summed E-state index contributed by atoms with van der Waals surface area (Å²) >= 11 is 0. The molecule has 3 aromatic carbocycles. The number of hydrogen-bond acceptors (Lipinski definition) is 5. The molecule has 1 atom stereocenters. The molecule has 3 aromatic rings. The number of hydrogen-bond donors (Lipinski definition) is 1. The summed E-state index contributed by atoms with van der Waals surface area (Å²) in [6.07, 6.45) is -0.100. The topological polar surface area (TPSA) is 76.1 Å². The summed E-state index contributed by atoms with van der Waals surface area (Å²) < 4.78 is 25.8. The van der Waals surface area contributed by atoms with Crippen LogP contribution in [0, 0.1) is 5.82 Å². The first kappa shape index (κ1) is 23.0. The van der Waals surface area contributed by atoms with Crippen LogP contribution in [0.15, 0.2) is 78.4 Å². The van der Waals surface area contributed by atoms with Crippen LogP contribution in [0.5, 0.6) is 11.5 Å². The zero-order chi connectivity index (χ0) is 24.4. The predicted octanol–water partition coefficient (Wildman–Crippen LogP) is 5.25. The SMILES string of the molecule is COc1ccc(N2C(=O)C(=O)/C(=C(\O)c3cccc(OC(C)C)c3)C2c2ccccc2F)cc1. The Bertz CT molecular complexity index is 1270. The van der Waals surface area contributed by atoms with Gasteiger partial charge >= 0.3 is 0 Å². The van der Waals surface area contributed by atoms with E-state index in [9.17, 15) is 19.1 Å². The largest absolute Gasteiger partial charge is 0.507 e. The van der Waals surface area contributed by atoms with Crippen LogP contribution in [0.4, 0.5) is 10.1 Å². The Kier molecular flexibility index (Phi) is 6.36. The zero-order valence-electron chi connectivity index (χ0n) is 19.0. The zero-order valence-corrected chi connectivity index (χ0v) is 19.0. The Morgan fingerprint density at radius 1 is 0.971 bits per heavy atom. The van der Waals surface area contributed by atoms with Crippen LogP contribution in [0.3, 0.4) is 0 Å². The van der Waals surface area contributed by atoms with Crippen molar-refractivity contribution >= 4 is 23.1 Å². The summed E-state index contributed by atoms with van der Waals surface area (Å²) in [5.41, 5.74) is 0.542. The first-order valence-corrected chi connectivity index (χ1v) is 10.8. The molecule has 1 heterocycles. The number of anilines is 1. The molecule has 1 amide bonds. The molecular formula is C27H24FNO5. The molecule has 0 saturated carbocycles. The summed E-state index contributed by atoms with van der Waals surface area (Å²) in [6, 6.07) is 17.8. The number of ketones is 1. The molecule has 1 aliphatic rings. The van der Waals surface area contributed by atoms with Crippen molar-refractivity contribution < 1.29 is 28.6 Å². The van der Waals surface area contributed by atoms with E-state index in [0.29, 0.717) is 17.2 Å². The molecule has 0 aromatic heterocycles. The highest BCUT2D eigenvalue weighted by molar-refractivity contribution is 6.51. The molecule has 6 nitrogen and oxygen atoms in total. The van der Waals surface area contributed by atoms with Gasteiger partial charge in [-0.2, -0.15) is 0 Å². The van der Waals surface area contributed by atoms with Crippen LogP contribution in [0.2, 0.25) is 0 Å². The van der Waals surface area contributed by atoms with Gasteiger partial charge in [0.05, 0.1) is 24.8 Å². The monoisotopic (exact) mass is 461 g/mol. The average Bonchev–Trinajstić information content (AvgIpc) is 3.09. The van der Waals surface area contributed by atoms with Crippen LogP contribution in [-0.4, -0.2) is 30.0 Å². The van der Waals surface area contributed by atoms with Gasteiger partial charge in [-0.1, -0.05) is 30.3 Å². The maximum absolute atomic E-state index is 15.0. The molecule has 0 bridgehead atoms. The third-order valence-corrected chi connectivity index (χ3v) is 5.47. The third kappa shape index (κ3) is 4.24. The first-order chi connectivity index (χ1) is 16.3. The van der Waals surface area contributed by atoms with E-state index in [2.05, 4.69) is 0 Å². The molecule has 0 spiro atoms. The number of ether oxygens (including phenoxy) is 2. The lowest BCUT2D eigenvalue weighted by Gasteiger charge is -2.26. The number of carbonyl (C=O) groups excluding carboxylic acids is 2. The fourth-order valence-corrected chi connectivity index (χ4v) is 3.98. The van der Waals surface area contributed by atoms with Gasteiger partial charge < -0.3 is 14.6 Å². The normalized spacial score (nSPS) is 17.3. The molecule has 1 unspecified atom stereocenters. The van der Waals surface area contributed by atoms with E-state index in [-0.39, 0.29) is 22.8 Å². The number of methoxy groups -OCH3 is 1. The van der Waals surface area contributed by atoms with Crippen molar-refractivity contribution in [1.82, 2.24) is 0 Å². The molecule has 1 saturated heterocycles. The quantitative estimate of drug-likeness (QED) is 0.308. The van der Waals surface area contributed by atoms with Crippen molar-refractivity contribution in [2.75, 3.05) is 12.0 Å². The number of amides is 1. The Labute approximate surface area is 196 Å². The second-order valence-electron chi connectivity index (χ2n) is 8.08. The third-order valence-electron chi connectivity index (χ3n) is 5.47. The number of benzene rings is 3. The maximum atomic E-state index is 15.0. The van der Waals surface area contributed by atoms with Gasteiger partial charge in [-0.25, -0.2) is 4.39 Å². The van der Waals surface area contributed by atoms with Crippen molar-refractivity contribution in [1.29, 1.82) is 0 Å². The molecule has 1 aliphatic heterocycles. The molecule has 1 fully saturated rings. The van der Waals surface area contributed by atoms with Gasteiger partial charge in [0, 0.05) is 16.8 Å². The summed E-state index contributed by atoms with van der Waals surface area (Å²) in [5, 5.41) is 11.2. The number of rotatable bonds is 6. The van der Waals surface area contributed by atoms with E-state index in [1.54, 1.807) is 54.6 Å². The van der Waals surface area contributed by atoms with Crippen LogP contribution >= 0.6 is 0 Å². The van der Waals surface area contributed by atoms with E-state index in [1.807, 2.05) is 13.8 Å². The fourth-order valence-electron chi connectivity index (χ4n) is 3.98. The number of aliphatic hydroxyl groups is 1. The van der Waals surface area contributed by atoms with Gasteiger partial charge in [-0.05, 0) is 56.3 Å². The van der Waals surface area contributed by atoms with E-state index in [1.165, 1.54) is 30.2 Å². The van der Waals surface area contributed by atoms with Gasteiger partial charge in [0.25, 0.3) is 11.7 Å². The average molecular weight is 461 g/mol. The fraction of sp³-hybridized carbons (Fsp3) is 0.185. The number of nitrogens with zero attached hydrogens (tertiary/aromatic N) is 1. The summed E-state index contributed by atoms with van der Waals surface area (Å²) in [4.78, 5) is 27.6. The minimum atomic E-state index is -1.16. The first-order valence-electron chi connectivity index (χ1n) is 10.8. The number of aliphatic hydroxyl groups excluding tert-OH is 1. The van der Waals surface area contributed by atoms with Crippen molar-refractivity contribution in [3.63, 3.8) is 0 Å². The lowest BCUT2D eigenvalue weighted by atomic mass is 9.94. The van der Waals surface area contributed by atoms with Crippen molar-refractivity contribution in [2.24, 2.45) is 0 Å². The number of carbonyl (C=O) groups is 2. The molecule has 0 radical (unpaired) electrons. The Morgan fingerprint density at radius 3 is 2.32 bits per heavy atom. The van der Waals surface area contributed by atoms with Crippen molar-refractivity contribution in [2.45, 2.75) is 26.0 Å². The van der Waals surface area contributed by atoms with Crippen LogP contribution < -0.4 is 14.4 Å². The molecule has 174 valence electrons. The van der Waals surface area contributed by atoms with Crippen molar-refractivity contribution in [3.05, 3.63) is 95.3 Å². The maximum Gasteiger partial charge on any atom is 0.300 e. The smallest absolute Gasteiger partial charge is 0.300 e. The van der Waals surface area contributed by atoms with Gasteiger partial charge in [0.15, 0.2) is 0 Å². The lowest BCUT2D eigenvalue weighted by Crippen LogP contribution is -2.29. The Morgan fingerprint density at radius 2 is 1.68 bits per heavy atom. The minimum absolute atomic E-state index is 0.0913. The molecule has 34 heavy (non-hydrogen) atoms. The molecular weight excluding hydrogens is 437 g/mol. The highest BCUT2D eigenvalue weighted by atomic mass is 19.1. The van der Waals surface area contributed by atoms with E-state index >= 15 is 0 Å². The van der Waals surface area contributed by atoms with Gasteiger partial charge in [0.1, 0.15) is 23.1 Å². The van der Waals surface area contributed by atoms with E-state index in [4.69, 9.17) is 9.47 Å². The second-order valence-corrected chi connectivity index (χ2v) is 8.08.